The molecule has 0 unspecified atom stereocenters. The molecule has 0 atom stereocenters. The van der Waals surface area contributed by atoms with E-state index in [1.165, 1.54) is 7.11 Å². The van der Waals surface area contributed by atoms with E-state index in [1.54, 1.807) is 35.1 Å². The van der Waals surface area contributed by atoms with Crippen molar-refractivity contribution in [3.63, 3.8) is 0 Å². The number of aromatic nitrogens is 2. The van der Waals surface area contributed by atoms with Crippen LogP contribution in [0.4, 0.5) is 21.9 Å². The van der Waals surface area contributed by atoms with Gasteiger partial charge in [-0.2, -0.15) is 5.10 Å². The molecule has 0 saturated carbocycles. The molecule has 8 heteroatoms. The number of ether oxygens (including phenoxy) is 1. The summed E-state index contributed by atoms with van der Waals surface area (Å²) >= 11 is 0. The average Bonchev–Trinajstić information content (AvgIpc) is 3.27. The van der Waals surface area contributed by atoms with Crippen molar-refractivity contribution in [2.24, 2.45) is 0 Å². The molecule has 0 aliphatic rings. The molecule has 0 aliphatic carbocycles. The lowest BCUT2D eigenvalue weighted by Gasteiger charge is -2.12. The fourth-order valence-corrected chi connectivity index (χ4v) is 3.21. The van der Waals surface area contributed by atoms with Crippen molar-refractivity contribution in [3.05, 3.63) is 96.3 Å². The molecule has 3 amide bonds. The van der Waals surface area contributed by atoms with E-state index in [0.29, 0.717) is 22.8 Å². The summed E-state index contributed by atoms with van der Waals surface area (Å²) in [5.41, 5.74) is 3.55. The quantitative estimate of drug-likeness (QED) is 0.388. The lowest BCUT2D eigenvalue weighted by atomic mass is 10.1. The molecule has 3 aromatic carbocycles. The van der Waals surface area contributed by atoms with Crippen LogP contribution in [0.1, 0.15) is 16.1 Å². The molecule has 33 heavy (non-hydrogen) atoms. The Balaban J connectivity index is 1.50. The number of hydrogen-bond donors (Lipinski definition) is 3. The normalized spacial score (nSPS) is 10.4. The number of aryl methyl sites for hydroxylation is 1. The number of hydrogen-bond acceptors (Lipinski definition) is 4. The highest BCUT2D eigenvalue weighted by Gasteiger charge is 2.19. The van der Waals surface area contributed by atoms with E-state index in [9.17, 15) is 9.59 Å². The van der Waals surface area contributed by atoms with Gasteiger partial charge in [-0.15, -0.1) is 0 Å². The second-order valence-electron chi connectivity index (χ2n) is 7.26. The van der Waals surface area contributed by atoms with Crippen LogP contribution in [0.5, 0.6) is 5.75 Å². The van der Waals surface area contributed by atoms with Crippen molar-refractivity contribution >= 4 is 29.0 Å². The molecule has 0 aliphatic heterocycles. The van der Waals surface area contributed by atoms with Crippen molar-refractivity contribution in [2.75, 3.05) is 23.1 Å². The Bertz CT molecular complexity index is 1270. The first kappa shape index (κ1) is 21.6. The minimum Gasteiger partial charge on any atom is -0.493 e. The van der Waals surface area contributed by atoms with Crippen LogP contribution >= 0.6 is 0 Å². The van der Waals surface area contributed by atoms with Crippen LogP contribution in [-0.2, 0) is 0 Å². The highest BCUT2D eigenvalue weighted by atomic mass is 16.5. The van der Waals surface area contributed by atoms with Gasteiger partial charge in [-0.3, -0.25) is 4.79 Å². The molecule has 0 radical (unpaired) electrons. The second kappa shape index (κ2) is 9.69. The minimum atomic E-state index is -0.421. The fourth-order valence-electron chi connectivity index (χ4n) is 3.21. The van der Waals surface area contributed by atoms with Crippen molar-refractivity contribution < 1.29 is 14.3 Å². The van der Waals surface area contributed by atoms with Crippen molar-refractivity contribution in [2.45, 2.75) is 6.92 Å². The number of amides is 3. The lowest BCUT2D eigenvalue weighted by molar-refractivity contribution is 0.101. The summed E-state index contributed by atoms with van der Waals surface area (Å²) in [5, 5.41) is 12.8. The Morgan fingerprint density at radius 1 is 0.848 bits per heavy atom. The third-order valence-electron chi connectivity index (χ3n) is 4.91. The van der Waals surface area contributed by atoms with Gasteiger partial charge in [-0.25, -0.2) is 9.48 Å². The van der Waals surface area contributed by atoms with E-state index in [-0.39, 0.29) is 11.7 Å². The average molecular weight is 441 g/mol. The Hall–Kier alpha value is -4.59. The van der Waals surface area contributed by atoms with Crippen molar-refractivity contribution in [1.82, 2.24) is 9.78 Å². The molecule has 0 spiro atoms. The molecule has 4 aromatic rings. The zero-order valence-corrected chi connectivity index (χ0v) is 18.2. The first-order valence-corrected chi connectivity index (χ1v) is 10.3. The number of urea groups is 1. The summed E-state index contributed by atoms with van der Waals surface area (Å²) in [5.74, 6) is -0.0685. The van der Waals surface area contributed by atoms with Crippen LogP contribution in [0.3, 0.4) is 0 Å². The van der Waals surface area contributed by atoms with Crippen molar-refractivity contribution in [3.8, 4) is 11.4 Å². The van der Waals surface area contributed by atoms with Gasteiger partial charge in [0, 0.05) is 17.1 Å². The lowest BCUT2D eigenvalue weighted by Crippen LogP contribution is -2.20. The zero-order chi connectivity index (χ0) is 23.2. The number of rotatable bonds is 6. The predicted molar refractivity (Wildman–Crippen MR) is 128 cm³/mol. The number of nitrogens with zero attached hydrogens (tertiary/aromatic N) is 2. The predicted octanol–water partition coefficient (Wildman–Crippen LogP) is 5.09. The molecule has 0 saturated heterocycles. The Labute approximate surface area is 191 Å². The fraction of sp³-hybridized carbons (Fsp3) is 0.0800. The highest BCUT2D eigenvalue weighted by Crippen LogP contribution is 2.24. The third-order valence-corrected chi connectivity index (χ3v) is 4.91. The summed E-state index contributed by atoms with van der Waals surface area (Å²) < 4.78 is 6.95. The monoisotopic (exact) mass is 441 g/mol. The van der Waals surface area contributed by atoms with Gasteiger partial charge in [0.1, 0.15) is 0 Å². The molecular formula is C25H23N5O3. The smallest absolute Gasteiger partial charge is 0.323 e. The molecule has 3 N–H and O–H groups in total. The van der Waals surface area contributed by atoms with E-state index >= 15 is 0 Å². The number of benzene rings is 3. The zero-order valence-electron chi connectivity index (χ0n) is 18.2. The maximum absolute atomic E-state index is 13.0. The standard InChI is InChI=1S/C25H23N5O3/c1-17-13-14-19(27-25(32)26-18-9-5-3-6-10-18)15-21(17)28-24(31)23-22(33-2)16-30(29-23)20-11-7-4-8-12-20/h3-16H,1-2H3,(H,28,31)(H2,26,27,32). The van der Waals surface area contributed by atoms with Crippen molar-refractivity contribution in [1.29, 1.82) is 0 Å². The molecule has 1 heterocycles. The largest absolute Gasteiger partial charge is 0.493 e. The first-order valence-electron chi connectivity index (χ1n) is 10.3. The van der Waals surface area contributed by atoms with Crippen LogP contribution in [0.2, 0.25) is 0 Å². The van der Waals surface area contributed by atoms with Crippen LogP contribution in [0, 0.1) is 6.92 Å². The third kappa shape index (κ3) is 5.19. The Kier molecular flexibility index (Phi) is 6.36. The number of para-hydroxylation sites is 2. The molecule has 1 aromatic heterocycles. The van der Waals surface area contributed by atoms with Crippen LogP contribution in [0.15, 0.2) is 85.1 Å². The summed E-state index contributed by atoms with van der Waals surface area (Å²) in [7, 11) is 1.49. The van der Waals surface area contributed by atoms with Gasteiger partial charge < -0.3 is 20.7 Å². The van der Waals surface area contributed by atoms with Crippen LogP contribution < -0.4 is 20.7 Å². The van der Waals surface area contributed by atoms with E-state index in [2.05, 4.69) is 21.0 Å². The summed E-state index contributed by atoms with van der Waals surface area (Å²) in [6.45, 7) is 1.86. The minimum absolute atomic E-state index is 0.154. The molecule has 0 fully saturated rings. The van der Waals surface area contributed by atoms with Gasteiger partial charge in [0.15, 0.2) is 11.4 Å². The topological polar surface area (TPSA) is 97.3 Å². The second-order valence-corrected chi connectivity index (χ2v) is 7.26. The molecular weight excluding hydrogens is 418 g/mol. The van der Waals surface area contributed by atoms with Gasteiger partial charge in [-0.1, -0.05) is 42.5 Å². The maximum atomic E-state index is 13.0. The van der Waals surface area contributed by atoms with Gasteiger partial charge >= 0.3 is 6.03 Å². The van der Waals surface area contributed by atoms with Crippen LogP contribution in [-0.4, -0.2) is 28.8 Å². The molecule has 4 rings (SSSR count). The van der Waals surface area contributed by atoms with Crippen LogP contribution in [0.25, 0.3) is 5.69 Å². The van der Waals surface area contributed by atoms with Gasteiger partial charge in [0.05, 0.1) is 19.0 Å². The molecule has 8 nitrogen and oxygen atoms in total. The van der Waals surface area contributed by atoms with E-state index < -0.39 is 5.91 Å². The Morgan fingerprint density at radius 2 is 1.52 bits per heavy atom. The Morgan fingerprint density at radius 3 is 2.21 bits per heavy atom. The van der Waals surface area contributed by atoms with Gasteiger partial charge in [-0.05, 0) is 48.9 Å². The maximum Gasteiger partial charge on any atom is 0.323 e. The number of methoxy groups -OCH3 is 1. The number of nitrogens with one attached hydrogen (secondary N) is 3. The number of carbonyl (C=O) groups is 2. The number of anilines is 3. The molecule has 0 bridgehead atoms. The van der Waals surface area contributed by atoms with Gasteiger partial charge in [0.25, 0.3) is 5.91 Å². The summed E-state index contributed by atoms with van der Waals surface area (Å²) in [6, 6.07) is 23.5. The summed E-state index contributed by atoms with van der Waals surface area (Å²) in [4.78, 5) is 25.3. The SMILES string of the molecule is COc1cn(-c2ccccc2)nc1C(=O)Nc1cc(NC(=O)Nc2ccccc2)ccc1C. The van der Waals surface area contributed by atoms with Gasteiger partial charge in [0.2, 0.25) is 0 Å². The highest BCUT2D eigenvalue weighted by molar-refractivity contribution is 6.06. The van der Waals surface area contributed by atoms with E-state index in [4.69, 9.17) is 4.74 Å². The number of carbonyl (C=O) groups excluding carboxylic acids is 2. The molecule has 166 valence electrons. The first-order chi connectivity index (χ1) is 16.0. The summed E-state index contributed by atoms with van der Waals surface area (Å²) in [6.07, 6.45) is 1.66. The van der Waals surface area contributed by atoms with E-state index in [0.717, 1.165) is 11.3 Å². The van der Waals surface area contributed by atoms with E-state index in [1.807, 2.05) is 61.5 Å².